The zero-order valence-corrected chi connectivity index (χ0v) is 61.7. The zero-order valence-electron chi connectivity index (χ0n) is 61.7. The van der Waals surface area contributed by atoms with Crippen molar-refractivity contribution < 1.29 is 89.0 Å². The number of benzene rings is 9. The summed E-state index contributed by atoms with van der Waals surface area (Å²) in [5.41, 5.74) is 5.40. The first kappa shape index (κ1) is 78.6. The molecular formula is C79H55F4N21O15. The molecule has 40 heteroatoms. The van der Waals surface area contributed by atoms with Crippen molar-refractivity contribution in [3.8, 4) is 69.5 Å². The number of para-hydroxylation sites is 8. The van der Waals surface area contributed by atoms with Crippen molar-refractivity contribution in [3.05, 3.63) is 264 Å². The normalized spacial score (nSPS) is 11.0. The number of tetrazole rings is 1. The third-order valence-corrected chi connectivity index (χ3v) is 16.4. The Kier molecular flexibility index (Phi) is 23.6. The second kappa shape index (κ2) is 35.7. The number of fused-ring (bicyclic) bond motifs is 5. The minimum absolute atomic E-state index is 0.0304. The van der Waals surface area contributed by atoms with Crippen molar-refractivity contribution in [2.24, 2.45) is 10.2 Å². The third-order valence-electron chi connectivity index (χ3n) is 16.4. The fraction of sp³-hybridized carbons (Fsp3) is 0.0633. The molecule has 0 bridgehead atoms. The molecule has 4 amide bonds. The number of ether oxygens (including phenoxy) is 8. The van der Waals surface area contributed by atoms with Crippen molar-refractivity contribution in [2.45, 2.75) is 6.54 Å². The predicted octanol–water partition coefficient (Wildman–Crippen LogP) is 14.8. The number of carbonyl (C=O) groups is 5. The van der Waals surface area contributed by atoms with Gasteiger partial charge < -0.3 is 58.1 Å². The zero-order chi connectivity index (χ0) is 83.1. The van der Waals surface area contributed by atoms with Gasteiger partial charge in [0.25, 0.3) is 53.1 Å². The molecule has 1 aliphatic rings. The lowest BCUT2D eigenvalue weighted by atomic mass is 10.1. The molecule has 0 saturated carbocycles. The van der Waals surface area contributed by atoms with Crippen molar-refractivity contribution in [3.63, 3.8) is 0 Å². The maximum absolute atomic E-state index is 13.6. The van der Waals surface area contributed by atoms with Gasteiger partial charge in [-0.15, -0.1) is 5.10 Å². The summed E-state index contributed by atoms with van der Waals surface area (Å²) < 4.78 is 103. The maximum Gasteiger partial charge on any atom is 0.357 e. The van der Waals surface area contributed by atoms with E-state index >= 15 is 0 Å². The Morgan fingerprint density at radius 3 is 1.15 bits per heavy atom. The van der Waals surface area contributed by atoms with Crippen molar-refractivity contribution in [1.82, 2.24) is 75.7 Å². The molecule has 7 aromatic heterocycles. The Hall–Kier alpha value is -17.1. The van der Waals surface area contributed by atoms with E-state index in [-0.39, 0.29) is 110 Å². The van der Waals surface area contributed by atoms with Crippen LogP contribution in [0.15, 0.2) is 221 Å². The lowest BCUT2D eigenvalue weighted by molar-refractivity contribution is 0.0689. The van der Waals surface area contributed by atoms with Crippen molar-refractivity contribution in [2.75, 3.05) is 49.7 Å². The molecule has 0 unspecified atom stereocenters. The van der Waals surface area contributed by atoms with Gasteiger partial charge in [0.2, 0.25) is 0 Å². The first-order chi connectivity index (χ1) is 57.8. The Bertz CT molecular complexity index is 6370. The molecule has 36 nitrogen and oxygen atoms in total. The van der Waals surface area contributed by atoms with Crippen LogP contribution in [0.4, 0.5) is 46.7 Å². The van der Waals surface area contributed by atoms with Gasteiger partial charge in [-0.05, 0) is 114 Å². The highest BCUT2D eigenvalue weighted by atomic mass is 19.1. The van der Waals surface area contributed by atoms with Gasteiger partial charge in [-0.3, -0.25) is 34.9 Å². The standard InChI is InChI=1S/C23H16FN5O3.C20H13FN4O6.C19H14FN5O3.C17H12FN7O3/c1-31-20-10-14(24)7-9-19(20)32-23-21(27-16-4-2-3-5-17(16)28-23)22(30)26-15-8-6-13-12-25-29-18(13)11-15;1-29-15-8-10(21)6-7-14(15)31-18-16(22-11-4-2-3-5-12(11)23-18)17(26)25-20-24-13(9-30-20)19(27)28;1-27-15-10-11(20)6-7-14(15)28-19-17(18(26)24-16-8-9-21-25-16)22-12-4-2-3-5-13(12)23-19;1-27-13-8-9(18)6-7-12(13)28-16-14(15(26)21-17-22-24-25-23-17)19-10-4-2-3-5-11(10)20-16/h2-11H,12H2,1H3,(H,26,30);2-9H,1H3,(H,27,28)(H,24,25,26);2-10H,1H3,(H2,21,24,25,26);2-8H,1H3,(H2,21,22,23,24,25,26). The van der Waals surface area contributed by atoms with E-state index in [9.17, 15) is 41.5 Å². The summed E-state index contributed by atoms with van der Waals surface area (Å²) in [6.45, 7) is 0.525. The van der Waals surface area contributed by atoms with Crippen molar-refractivity contribution >= 4 is 103 Å². The van der Waals surface area contributed by atoms with Gasteiger partial charge in [-0.1, -0.05) is 59.7 Å². The second-order valence-electron chi connectivity index (χ2n) is 24.2. The number of oxazole rings is 1. The molecule has 594 valence electrons. The smallest absolute Gasteiger partial charge is 0.357 e. The number of halogens is 4. The van der Waals surface area contributed by atoms with Crippen LogP contribution >= 0.6 is 0 Å². The van der Waals surface area contributed by atoms with Crippen LogP contribution in [-0.4, -0.2) is 139 Å². The van der Waals surface area contributed by atoms with E-state index < -0.39 is 52.9 Å². The highest BCUT2D eigenvalue weighted by Crippen LogP contribution is 2.39. The van der Waals surface area contributed by atoms with Crippen LogP contribution in [0.2, 0.25) is 0 Å². The van der Waals surface area contributed by atoms with Gasteiger partial charge in [0.15, 0.2) is 74.5 Å². The molecule has 0 radical (unpaired) electrons. The minimum atomic E-state index is -1.32. The first-order valence-corrected chi connectivity index (χ1v) is 34.6. The fourth-order valence-corrected chi connectivity index (χ4v) is 10.8. The van der Waals surface area contributed by atoms with Crippen LogP contribution in [0.25, 0.3) is 44.1 Å². The number of hydrogen-bond donors (Lipinski definition) is 7. The summed E-state index contributed by atoms with van der Waals surface area (Å²) in [6.07, 6.45) is 2.38. The molecule has 0 saturated heterocycles. The summed E-state index contributed by atoms with van der Waals surface area (Å²) >= 11 is 0. The number of aromatic amines is 2. The molecule has 0 atom stereocenters. The molecular weight excluding hydrogens is 1560 g/mol. The number of nitrogens with zero attached hydrogens (tertiary/aromatic N) is 15. The van der Waals surface area contributed by atoms with Crippen LogP contribution < -0.4 is 59.2 Å². The molecule has 9 aromatic carbocycles. The van der Waals surface area contributed by atoms with Gasteiger partial charge in [0.1, 0.15) is 35.3 Å². The minimum Gasteiger partial charge on any atom is -0.493 e. The van der Waals surface area contributed by atoms with Crippen LogP contribution in [0, 0.1) is 23.3 Å². The second-order valence-corrected chi connectivity index (χ2v) is 24.2. The number of hydrogen-bond acceptors (Lipinski definition) is 29. The summed E-state index contributed by atoms with van der Waals surface area (Å²) in [4.78, 5) is 101. The summed E-state index contributed by atoms with van der Waals surface area (Å²) in [6, 6.07) is 49.4. The number of H-pyrrole nitrogens is 2. The average molecular weight is 1610 g/mol. The monoisotopic (exact) mass is 1610 g/mol. The van der Waals surface area contributed by atoms with E-state index in [1.807, 2.05) is 6.07 Å². The van der Waals surface area contributed by atoms with Gasteiger partial charge in [0, 0.05) is 41.6 Å². The van der Waals surface area contributed by atoms with Crippen LogP contribution in [0.1, 0.15) is 58.0 Å². The molecule has 119 heavy (non-hydrogen) atoms. The van der Waals surface area contributed by atoms with Gasteiger partial charge in [0.05, 0.1) is 91.0 Å². The lowest BCUT2D eigenvalue weighted by Gasteiger charge is -2.13. The van der Waals surface area contributed by atoms with E-state index in [1.165, 1.54) is 89.2 Å². The van der Waals surface area contributed by atoms with E-state index in [0.29, 0.717) is 67.9 Å². The number of nitrogens with one attached hydrogen (secondary N) is 6. The number of amides is 4. The lowest BCUT2D eigenvalue weighted by Crippen LogP contribution is -2.17. The average Bonchev–Trinajstić information content (AvgIpc) is 1.42. The summed E-state index contributed by atoms with van der Waals surface area (Å²) in [5, 5.41) is 46.5. The Morgan fingerprint density at radius 2 is 0.798 bits per heavy atom. The first-order valence-electron chi connectivity index (χ1n) is 34.6. The Labute approximate surface area is 664 Å². The van der Waals surface area contributed by atoms with Crippen LogP contribution in [0.3, 0.4) is 0 Å². The Balaban J connectivity index is 0.000000130. The van der Waals surface area contributed by atoms with Gasteiger partial charge in [-0.2, -0.15) is 25.5 Å². The number of carboxylic acid groups (broad SMARTS) is 1. The quantitative estimate of drug-likeness (QED) is 0.0329. The summed E-state index contributed by atoms with van der Waals surface area (Å²) in [7, 11) is 5.49. The largest absolute Gasteiger partial charge is 0.493 e. The molecule has 8 heterocycles. The van der Waals surface area contributed by atoms with Gasteiger partial charge in [-0.25, -0.2) is 62.2 Å². The molecule has 1 aliphatic heterocycles. The fourth-order valence-electron chi connectivity index (χ4n) is 10.8. The highest BCUT2D eigenvalue weighted by molar-refractivity contribution is 6.07. The molecule has 16 aromatic rings. The number of carbonyl (C=O) groups excluding carboxylic acids is 4. The van der Waals surface area contributed by atoms with Gasteiger partial charge >= 0.3 is 12.0 Å². The number of azo groups is 1. The van der Waals surface area contributed by atoms with Crippen LogP contribution in [-0.2, 0) is 6.54 Å². The molecule has 0 aliphatic carbocycles. The van der Waals surface area contributed by atoms with E-state index in [2.05, 4.69) is 107 Å². The summed E-state index contributed by atoms with van der Waals surface area (Å²) in [5.74, 6) is -4.63. The van der Waals surface area contributed by atoms with Crippen LogP contribution in [0.5, 0.6) is 69.5 Å². The SMILES string of the molecule is COc1cc(F)ccc1Oc1nc2ccccc2nc1C(=O)Nc1ccc2c(c1)N=NC2.COc1cc(F)ccc1Oc1nc2ccccc2nc1C(=O)Nc1ccn[nH]1.COc1cc(F)ccc1Oc1nc2ccccc2nc1C(=O)Nc1nc(C(=O)O)co1.COc1cc(F)ccc1Oc1nc2ccccc2nc1C(=O)Nc1nn[nH]n1. The highest BCUT2D eigenvalue weighted by Gasteiger charge is 2.28. The predicted molar refractivity (Wildman–Crippen MR) is 413 cm³/mol. The topological polar surface area (TPSA) is 465 Å². The maximum atomic E-state index is 13.6. The number of rotatable bonds is 21. The molecule has 17 rings (SSSR count). The number of methoxy groups -OCH3 is 4. The molecule has 0 spiro atoms. The van der Waals surface area contributed by atoms with E-state index in [1.54, 1.807) is 115 Å². The van der Waals surface area contributed by atoms with E-state index in [0.717, 1.165) is 30.0 Å². The molecule has 0 fully saturated rings. The molecule has 7 N–H and O–H groups in total. The Morgan fingerprint density at radius 1 is 0.420 bits per heavy atom. The van der Waals surface area contributed by atoms with E-state index in [4.69, 9.17) is 47.4 Å². The third kappa shape index (κ3) is 18.8. The number of carboxylic acids is 1. The number of aromatic carboxylic acids is 1. The number of aromatic nitrogens is 15. The number of anilines is 4. The van der Waals surface area contributed by atoms with Crippen molar-refractivity contribution in [1.29, 1.82) is 0 Å².